The van der Waals surface area contributed by atoms with Crippen molar-refractivity contribution in [1.82, 2.24) is 5.43 Å². The minimum absolute atomic E-state index is 0.0589. The summed E-state index contributed by atoms with van der Waals surface area (Å²) in [4.78, 5) is 0. The fraction of sp³-hybridized carbons (Fsp3) is 0.400. The van der Waals surface area contributed by atoms with Gasteiger partial charge in [0.2, 0.25) is 0 Å². The zero-order chi connectivity index (χ0) is 11.3. The van der Waals surface area contributed by atoms with Gasteiger partial charge in [0.05, 0.1) is 10.0 Å². The van der Waals surface area contributed by atoms with E-state index in [1.165, 1.54) is 0 Å². The molecule has 15 heavy (non-hydrogen) atoms. The quantitative estimate of drug-likeness (QED) is 0.634. The molecule has 1 aromatic carbocycles. The molecule has 0 spiro atoms. The van der Waals surface area contributed by atoms with Crippen molar-refractivity contribution in [2.45, 2.75) is 12.5 Å². The Morgan fingerprint density at radius 3 is 2.80 bits per heavy atom. The number of hydrazine groups is 1. The smallest absolute Gasteiger partial charge is 0.0640 e. The van der Waals surface area contributed by atoms with Gasteiger partial charge in [-0.3, -0.25) is 11.3 Å². The third kappa shape index (κ3) is 3.54. The largest absolute Gasteiger partial charge is 0.271 e. The van der Waals surface area contributed by atoms with Gasteiger partial charge in [-0.25, -0.2) is 0 Å². The van der Waals surface area contributed by atoms with Gasteiger partial charge >= 0.3 is 0 Å². The first-order valence-corrected chi connectivity index (χ1v) is 6.74. The Morgan fingerprint density at radius 2 is 2.20 bits per heavy atom. The summed E-state index contributed by atoms with van der Waals surface area (Å²) in [7, 11) is 0. The maximum atomic E-state index is 6.11. The molecule has 0 saturated heterocycles. The minimum atomic E-state index is 0.0589. The van der Waals surface area contributed by atoms with Gasteiger partial charge < -0.3 is 0 Å². The molecule has 1 aromatic rings. The highest BCUT2D eigenvalue weighted by molar-refractivity contribution is 7.98. The average molecular weight is 265 g/mol. The number of nitrogens with two attached hydrogens (primary N) is 1. The van der Waals surface area contributed by atoms with E-state index >= 15 is 0 Å². The minimum Gasteiger partial charge on any atom is -0.271 e. The van der Waals surface area contributed by atoms with Crippen LogP contribution in [0, 0.1) is 0 Å². The van der Waals surface area contributed by atoms with E-state index < -0.39 is 0 Å². The molecule has 0 aliphatic carbocycles. The van der Waals surface area contributed by atoms with Gasteiger partial charge in [0, 0.05) is 6.04 Å². The Morgan fingerprint density at radius 1 is 1.47 bits per heavy atom. The van der Waals surface area contributed by atoms with Gasteiger partial charge in [0.1, 0.15) is 0 Å². The fourth-order valence-electron chi connectivity index (χ4n) is 1.35. The van der Waals surface area contributed by atoms with E-state index in [1.807, 2.05) is 12.1 Å². The van der Waals surface area contributed by atoms with E-state index in [9.17, 15) is 0 Å². The van der Waals surface area contributed by atoms with Crippen molar-refractivity contribution < 1.29 is 0 Å². The molecule has 1 rings (SSSR count). The SMILES string of the molecule is CSCCC(NN)c1cccc(Cl)c1Cl. The molecule has 1 atom stereocenters. The molecule has 2 nitrogen and oxygen atoms in total. The van der Waals surface area contributed by atoms with Crippen molar-refractivity contribution in [3.8, 4) is 0 Å². The second kappa shape index (κ2) is 6.61. The summed E-state index contributed by atoms with van der Waals surface area (Å²) in [5, 5.41) is 1.15. The zero-order valence-electron chi connectivity index (χ0n) is 8.47. The van der Waals surface area contributed by atoms with Crippen LogP contribution in [0.4, 0.5) is 0 Å². The van der Waals surface area contributed by atoms with Crippen LogP contribution in [-0.4, -0.2) is 12.0 Å². The summed E-state index contributed by atoms with van der Waals surface area (Å²) in [5.41, 5.74) is 3.72. The van der Waals surface area contributed by atoms with E-state index in [-0.39, 0.29) is 6.04 Å². The highest BCUT2D eigenvalue weighted by Crippen LogP contribution is 2.31. The molecule has 0 aromatic heterocycles. The second-order valence-electron chi connectivity index (χ2n) is 3.14. The molecule has 0 fully saturated rings. The monoisotopic (exact) mass is 264 g/mol. The summed E-state index contributed by atoms with van der Waals surface area (Å²) in [5.74, 6) is 6.53. The first-order chi connectivity index (χ1) is 7.20. The molecular formula is C10H14Cl2N2S. The fourth-order valence-corrected chi connectivity index (χ4v) is 2.26. The van der Waals surface area contributed by atoms with E-state index in [0.29, 0.717) is 10.0 Å². The normalized spacial score (nSPS) is 12.8. The lowest BCUT2D eigenvalue weighted by atomic mass is 10.1. The molecule has 5 heteroatoms. The lowest BCUT2D eigenvalue weighted by molar-refractivity contribution is 0.543. The van der Waals surface area contributed by atoms with Crippen molar-refractivity contribution in [2.75, 3.05) is 12.0 Å². The van der Waals surface area contributed by atoms with Crippen LogP contribution in [0.3, 0.4) is 0 Å². The first-order valence-electron chi connectivity index (χ1n) is 4.59. The Hall–Kier alpha value is 0.0700. The van der Waals surface area contributed by atoms with E-state index in [4.69, 9.17) is 29.0 Å². The summed E-state index contributed by atoms with van der Waals surface area (Å²) in [6, 6.07) is 5.66. The molecule has 1 unspecified atom stereocenters. The lowest BCUT2D eigenvalue weighted by Crippen LogP contribution is -2.28. The molecule has 84 valence electrons. The summed E-state index contributed by atoms with van der Waals surface area (Å²) >= 11 is 13.8. The molecule has 0 saturated carbocycles. The van der Waals surface area contributed by atoms with Crippen LogP contribution in [0.15, 0.2) is 18.2 Å². The number of hydrogen-bond donors (Lipinski definition) is 2. The average Bonchev–Trinajstić information content (AvgIpc) is 2.25. The van der Waals surface area contributed by atoms with Crippen LogP contribution in [0.2, 0.25) is 10.0 Å². The Bertz CT molecular complexity index is 320. The van der Waals surface area contributed by atoms with E-state index in [0.717, 1.165) is 17.7 Å². The second-order valence-corrected chi connectivity index (χ2v) is 4.91. The zero-order valence-corrected chi connectivity index (χ0v) is 10.8. The summed E-state index contributed by atoms with van der Waals surface area (Å²) in [6.07, 6.45) is 2.99. The van der Waals surface area contributed by atoms with Crippen LogP contribution in [0.5, 0.6) is 0 Å². The molecule has 0 aliphatic rings. The molecule has 0 radical (unpaired) electrons. The number of nitrogens with one attached hydrogen (secondary N) is 1. The molecule has 3 N–H and O–H groups in total. The lowest BCUT2D eigenvalue weighted by Gasteiger charge is -2.17. The topological polar surface area (TPSA) is 38.0 Å². The van der Waals surface area contributed by atoms with Crippen LogP contribution < -0.4 is 11.3 Å². The number of rotatable bonds is 5. The van der Waals surface area contributed by atoms with Gasteiger partial charge in [-0.15, -0.1) is 0 Å². The summed E-state index contributed by atoms with van der Waals surface area (Å²) in [6.45, 7) is 0. The number of halogens is 2. The van der Waals surface area contributed by atoms with Crippen molar-refractivity contribution in [1.29, 1.82) is 0 Å². The van der Waals surface area contributed by atoms with Crippen LogP contribution >= 0.6 is 35.0 Å². The number of hydrogen-bond acceptors (Lipinski definition) is 3. The van der Waals surface area contributed by atoms with Crippen LogP contribution in [0.1, 0.15) is 18.0 Å². The number of thioether (sulfide) groups is 1. The predicted octanol–water partition coefficient (Wildman–Crippen LogP) is 3.25. The molecule has 0 amide bonds. The maximum absolute atomic E-state index is 6.11. The van der Waals surface area contributed by atoms with Gasteiger partial charge in [0.15, 0.2) is 0 Å². The van der Waals surface area contributed by atoms with Gasteiger partial charge in [-0.05, 0) is 30.1 Å². The predicted molar refractivity (Wildman–Crippen MR) is 69.5 cm³/mol. The van der Waals surface area contributed by atoms with Gasteiger partial charge in [-0.1, -0.05) is 35.3 Å². The molecular weight excluding hydrogens is 251 g/mol. The Kier molecular flexibility index (Phi) is 5.79. The highest BCUT2D eigenvalue weighted by Gasteiger charge is 2.14. The van der Waals surface area contributed by atoms with Gasteiger partial charge in [-0.2, -0.15) is 11.8 Å². The maximum Gasteiger partial charge on any atom is 0.0640 e. The van der Waals surface area contributed by atoms with Crippen LogP contribution in [0.25, 0.3) is 0 Å². The first kappa shape index (κ1) is 13.1. The number of benzene rings is 1. The highest BCUT2D eigenvalue weighted by atomic mass is 35.5. The van der Waals surface area contributed by atoms with Crippen molar-refractivity contribution in [3.63, 3.8) is 0 Å². The van der Waals surface area contributed by atoms with Crippen molar-refractivity contribution in [3.05, 3.63) is 33.8 Å². The van der Waals surface area contributed by atoms with Gasteiger partial charge in [0.25, 0.3) is 0 Å². The molecule has 0 heterocycles. The molecule has 0 bridgehead atoms. The Balaban J connectivity index is 2.86. The third-order valence-electron chi connectivity index (χ3n) is 2.17. The standard InChI is InChI=1S/C10H14Cl2N2S/c1-15-6-5-9(14-13)7-3-2-4-8(11)10(7)12/h2-4,9,14H,5-6,13H2,1H3. The molecule has 0 aliphatic heterocycles. The summed E-state index contributed by atoms with van der Waals surface area (Å²) < 4.78 is 0. The van der Waals surface area contributed by atoms with Crippen molar-refractivity contribution in [2.24, 2.45) is 5.84 Å². The van der Waals surface area contributed by atoms with Crippen LogP contribution in [-0.2, 0) is 0 Å². The third-order valence-corrected chi connectivity index (χ3v) is 3.65. The van der Waals surface area contributed by atoms with Crippen molar-refractivity contribution >= 4 is 35.0 Å². The van der Waals surface area contributed by atoms with E-state index in [2.05, 4.69) is 11.7 Å². The Labute approximate surface area is 104 Å². The van der Waals surface area contributed by atoms with E-state index in [1.54, 1.807) is 17.8 Å².